The van der Waals surface area contributed by atoms with Crippen molar-refractivity contribution in [2.75, 3.05) is 13.2 Å². The third kappa shape index (κ3) is 8.67. The molecule has 9 heteroatoms. The largest absolute Gasteiger partial charge is 0.469 e. The van der Waals surface area contributed by atoms with Gasteiger partial charge in [-0.2, -0.15) is 0 Å². The predicted octanol–water partition coefficient (Wildman–Crippen LogP) is -1.77. The van der Waals surface area contributed by atoms with Crippen molar-refractivity contribution < 1.29 is 28.8 Å². The molecule has 0 aromatic heterocycles. The Kier molecular flexibility index (Phi) is 6.90. The Bertz CT molecular complexity index is 242. The van der Waals surface area contributed by atoms with Gasteiger partial charge in [0.1, 0.15) is 0 Å². The third-order valence-corrected chi connectivity index (χ3v) is 1.88. The summed E-state index contributed by atoms with van der Waals surface area (Å²) in [5, 5.41) is 9.30. The first-order chi connectivity index (χ1) is 6.87. The number of rotatable bonds is 7. The van der Waals surface area contributed by atoms with E-state index in [0.717, 1.165) is 0 Å². The average Bonchev–Trinajstić information content (AvgIpc) is 2.13. The van der Waals surface area contributed by atoms with Gasteiger partial charge in [0.05, 0.1) is 25.4 Å². The number of phosphoric ester groups is 1. The zero-order valence-electron chi connectivity index (χ0n) is 7.89. The van der Waals surface area contributed by atoms with Crippen LogP contribution in [-0.4, -0.2) is 40.3 Å². The highest BCUT2D eigenvalue weighted by Crippen LogP contribution is 2.35. The van der Waals surface area contributed by atoms with Gasteiger partial charge in [-0.25, -0.2) is 10.5 Å². The molecule has 90 valence electrons. The van der Waals surface area contributed by atoms with E-state index in [0.29, 0.717) is 0 Å². The summed E-state index contributed by atoms with van der Waals surface area (Å²) in [5.41, 5.74) is 5.36. The normalized spacial score (nSPS) is 16.9. The molecule has 0 aliphatic carbocycles. The van der Waals surface area contributed by atoms with Gasteiger partial charge in [-0.1, -0.05) is 12.2 Å². The van der Waals surface area contributed by atoms with Crippen molar-refractivity contribution in [2.45, 2.75) is 12.1 Å². The van der Waals surface area contributed by atoms with E-state index in [1.54, 1.807) is 0 Å². The van der Waals surface area contributed by atoms with Gasteiger partial charge in [-0.15, -0.1) is 0 Å². The van der Waals surface area contributed by atoms with E-state index in [9.17, 15) is 9.67 Å². The molecule has 8 nitrogen and oxygen atoms in total. The summed E-state index contributed by atoms with van der Waals surface area (Å²) < 4.78 is 14.4. The summed E-state index contributed by atoms with van der Waals surface area (Å²) in [7, 11) is -4.55. The first-order valence-corrected chi connectivity index (χ1v) is 5.52. The molecule has 0 bridgehead atoms. The van der Waals surface area contributed by atoms with Gasteiger partial charge in [0.15, 0.2) is 0 Å². The minimum atomic E-state index is -4.55. The fraction of sp³-hybridized carbons (Fsp3) is 0.667. The van der Waals surface area contributed by atoms with E-state index in [2.05, 4.69) is 9.36 Å². The van der Waals surface area contributed by atoms with E-state index in [4.69, 9.17) is 21.4 Å². The highest BCUT2D eigenvalue weighted by atomic mass is 31.2. The second kappa shape index (κ2) is 7.04. The zero-order valence-corrected chi connectivity index (χ0v) is 8.79. The Balaban J connectivity index is 3.88. The van der Waals surface area contributed by atoms with Crippen LogP contribution in [0, 0.1) is 0 Å². The van der Waals surface area contributed by atoms with Crippen molar-refractivity contribution >= 4 is 7.82 Å². The monoisotopic (exact) mass is 242 g/mol. The van der Waals surface area contributed by atoms with Crippen LogP contribution in [0.2, 0.25) is 0 Å². The minimum Gasteiger partial charge on any atom is -0.387 e. The number of phosphoric acid groups is 1. The average molecular weight is 242 g/mol. The lowest BCUT2D eigenvalue weighted by Gasteiger charge is -2.15. The molecule has 0 rings (SSSR count). The molecule has 0 radical (unpaired) electrons. The fourth-order valence-electron chi connectivity index (χ4n) is 0.675. The molecule has 0 aromatic rings. The molecular weight excluding hydrogens is 227 g/mol. The topological polar surface area (TPSA) is 148 Å². The first-order valence-electron chi connectivity index (χ1n) is 3.99. The van der Waals surface area contributed by atoms with Crippen LogP contribution in [0.1, 0.15) is 0 Å². The van der Waals surface area contributed by atoms with Crippen molar-refractivity contribution in [3.8, 4) is 0 Å². The number of aliphatic hydroxyl groups is 1. The molecule has 0 heterocycles. The van der Waals surface area contributed by atoms with Gasteiger partial charge in [0.2, 0.25) is 0 Å². The van der Waals surface area contributed by atoms with Gasteiger partial charge in [0.25, 0.3) is 0 Å². The highest BCUT2D eigenvalue weighted by Gasteiger charge is 2.19. The van der Waals surface area contributed by atoms with Crippen LogP contribution in [0.5, 0.6) is 0 Å². The smallest absolute Gasteiger partial charge is 0.387 e. The van der Waals surface area contributed by atoms with E-state index in [-0.39, 0.29) is 6.61 Å². The van der Waals surface area contributed by atoms with E-state index in [1.807, 2.05) is 0 Å². The number of hydrogen-bond acceptors (Lipinski definition) is 6. The molecule has 0 aliphatic rings. The zero-order chi connectivity index (χ0) is 11.9. The van der Waals surface area contributed by atoms with E-state index in [1.165, 1.54) is 12.2 Å². The fourth-order valence-corrected chi connectivity index (χ4v) is 1.04. The Morgan fingerprint density at radius 1 is 1.47 bits per heavy atom. The molecule has 0 spiro atoms. The molecule has 0 saturated heterocycles. The third-order valence-electron chi connectivity index (χ3n) is 1.40. The predicted molar refractivity (Wildman–Crippen MR) is 51.3 cm³/mol. The van der Waals surface area contributed by atoms with Crippen LogP contribution in [0.3, 0.4) is 0 Å². The maximum Gasteiger partial charge on any atom is 0.469 e. The Morgan fingerprint density at radius 2 is 2.07 bits per heavy atom. The van der Waals surface area contributed by atoms with Crippen LogP contribution in [0.15, 0.2) is 12.2 Å². The molecule has 0 fully saturated rings. The van der Waals surface area contributed by atoms with Crippen molar-refractivity contribution in [1.29, 1.82) is 0 Å². The van der Waals surface area contributed by atoms with Gasteiger partial charge >= 0.3 is 7.82 Å². The molecule has 0 aliphatic heterocycles. The second-order valence-corrected chi connectivity index (χ2v) is 3.94. The Labute approximate surface area is 86.7 Å². The van der Waals surface area contributed by atoms with E-state index >= 15 is 0 Å². The molecule has 0 amide bonds. The SMILES string of the molecule is NOC/C=C/[C@@H](O)[C@@H](N)COP(=O)(O)O. The number of hydrogen-bond donors (Lipinski definition) is 5. The lowest BCUT2D eigenvalue weighted by molar-refractivity contribution is 0.127. The second-order valence-electron chi connectivity index (χ2n) is 2.70. The minimum absolute atomic E-state index is 0.100. The molecule has 0 saturated carbocycles. The lowest BCUT2D eigenvalue weighted by atomic mass is 10.2. The van der Waals surface area contributed by atoms with Crippen molar-refractivity contribution in [3.05, 3.63) is 12.2 Å². The molecule has 0 aromatic carbocycles. The van der Waals surface area contributed by atoms with E-state index < -0.39 is 26.6 Å². The maximum atomic E-state index is 10.3. The van der Waals surface area contributed by atoms with Crippen LogP contribution < -0.4 is 11.6 Å². The quantitative estimate of drug-likeness (QED) is 0.200. The van der Waals surface area contributed by atoms with Crippen molar-refractivity contribution in [3.63, 3.8) is 0 Å². The molecule has 0 unspecified atom stereocenters. The summed E-state index contributed by atoms with van der Waals surface area (Å²) in [6.07, 6.45) is 1.62. The van der Waals surface area contributed by atoms with Crippen molar-refractivity contribution in [1.82, 2.24) is 0 Å². The summed E-state index contributed by atoms with van der Waals surface area (Å²) in [4.78, 5) is 20.9. The molecule has 2 atom stereocenters. The molecule has 15 heavy (non-hydrogen) atoms. The van der Waals surface area contributed by atoms with Gasteiger partial charge in [-0.3, -0.25) is 4.52 Å². The molecule has 7 N–H and O–H groups in total. The van der Waals surface area contributed by atoms with Gasteiger partial charge in [-0.05, 0) is 0 Å². The maximum absolute atomic E-state index is 10.3. The lowest BCUT2D eigenvalue weighted by Crippen LogP contribution is -2.37. The summed E-state index contributed by atoms with van der Waals surface area (Å²) in [6, 6.07) is -0.938. The van der Waals surface area contributed by atoms with Gasteiger partial charge < -0.3 is 25.5 Å². The number of nitrogens with two attached hydrogens (primary N) is 2. The summed E-state index contributed by atoms with van der Waals surface area (Å²) in [6.45, 7) is -0.359. The Hall–Kier alpha value is -0.310. The molecular formula is C6H15N2O6P. The van der Waals surface area contributed by atoms with Crippen LogP contribution in [-0.2, 0) is 13.9 Å². The van der Waals surface area contributed by atoms with Crippen LogP contribution in [0.4, 0.5) is 0 Å². The first kappa shape index (κ1) is 14.7. The van der Waals surface area contributed by atoms with Crippen molar-refractivity contribution in [2.24, 2.45) is 11.6 Å². The summed E-state index contributed by atoms with van der Waals surface area (Å²) >= 11 is 0. The highest BCUT2D eigenvalue weighted by molar-refractivity contribution is 7.46. The van der Waals surface area contributed by atoms with Crippen LogP contribution >= 0.6 is 7.82 Å². The standard InChI is InChI=1S/C6H15N2O6P/c7-5(4-14-15(10,11)12)6(9)2-1-3-13-8/h1-2,5-6,9H,3-4,7-8H2,(H2,10,11,12)/b2-1+/t5-,6+/m0/s1. The van der Waals surface area contributed by atoms with Gasteiger partial charge in [0, 0.05) is 0 Å². The number of aliphatic hydroxyl groups excluding tert-OH is 1. The van der Waals surface area contributed by atoms with Crippen LogP contribution in [0.25, 0.3) is 0 Å². The Morgan fingerprint density at radius 3 is 2.53 bits per heavy atom. The summed E-state index contributed by atoms with van der Waals surface area (Å²) in [5.74, 6) is 4.71.